The standard InChI is InChI=1S/C25H23Cl4N3O5S2/c26-18-2-8-24(23(29)14-18)31-39(36,37)20-5-3-19(4-6-20)30-25(33)17-9-11-32(12-10-17)38(34,35)15-16-1-7-21(27)22(28)13-16/h1-8,13-14,17,31H,9-12,15H2,(H,30,33). The van der Waals surface area contributed by atoms with Gasteiger partial charge in [-0.15, -0.1) is 0 Å². The molecule has 14 heteroatoms. The molecule has 39 heavy (non-hydrogen) atoms. The monoisotopic (exact) mass is 649 g/mol. The summed E-state index contributed by atoms with van der Waals surface area (Å²) >= 11 is 23.8. The first-order valence-corrected chi connectivity index (χ1v) is 16.2. The predicted molar refractivity (Wildman–Crippen MR) is 156 cm³/mol. The topological polar surface area (TPSA) is 113 Å². The van der Waals surface area contributed by atoms with Crippen molar-refractivity contribution in [2.45, 2.75) is 23.5 Å². The molecule has 0 bridgehead atoms. The highest BCUT2D eigenvalue weighted by Gasteiger charge is 2.31. The Balaban J connectivity index is 1.32. The van der Waals surface area contributed by atoms with E-state index >= 15 is 0 Å². The maximum absolute atomic E-state index is 12.9. The number of piperidine rings is 1. The molecule has 8 nitrogen and oxygen atoms in total. The Hall–Kier alpha value is -2.05. The molecule has 0 radical (unpaired) electrons. The number of nitrogens with one attached hydrogen (secondary N) is 2. The molecule has 0 unspecified atom stereocenters. The molecule has 1 aliphatic heterocycles. The summed E-state index contributed by atoms with van der Waals surface area (Å²) in [6.45, 7) is 0.412. The second-order valence-electron chi connectivity index (χ2n) is 8.92. The van der Waals surface area contributed by atoms with Crippen LogP contribution in [0.2, 0.25) is 20.1 Å². The van der Waals surface area contributed by atoms with Gasteiger partial charge in [0.15, 0.2) is 0 Å². The van der Waals surface area contributed by atoms with Crippen molar-refractivity contribution in [3.05, 3.63) is 86.3 Å². The van der Waals surface area contributed by atoms with E-state index in [1.54, 1.807) is 12.1 Å². The van der Waals surface area contributed by atoms with Gasteiger partial charge in [-0.3, -0.25) is 9.52 Å². The van der Waals surface area contributed by atoms with Crippen molar-refractivity contribution in [1.29, 1.82) is 0 Å². The molecule has 3 aromatic rings. The molecule has 208 valence electrons. The number of halogens is 4. The molecule has 0 aromatic heterocycles. The van der Waals surface area contributed by atoms with E-state index in [-0.39, 0.29) is 45.4 Å². The largest absolute Gasteiger partial charge is 0.326 e. The number of hydrogen-bond acceptors (Lipinski definition) is 5. The second kappa shape index (κ2) is 12.2. The predicted octanol–water partition coefficient (Wildman–Crippen LogP) is 6.28. The summed E-state index contributed by atoms with van der Waals surface area (Å²) in [5.41, 5.74) is 1.13. The maximum Gasteiger partial charge on any atom is 0.261 e. The summed E-state index contributed by atoms with van der Waals surface area (Å²) in [6, 6.07) is 14.8. The highest BCUT2D eigenvalue weighted by Crippen LogP contribution is 2.29. The van der Waals surface area contributed by atoms with Gasteiger partial charge in [-0.2, -0.15) is 0 Å². The number of nitrogens with zero attached hydrogens (tertiary/aromatic N) is 1. The number of rotatable bonds is 8. The molecule has 1 aliphatic rings. The normalized spacial score (nSPS) is 15.2. The van der Waals surface area contributed by atoms with Crippen molar-refractivity contribution in [2.24, 2.45) is 5.92 Å². The molecule has 1 amide bonds. The lowest BCUT2D eigenvalue weighted by Crippen LogP contribution is -2.41. The molecule has 0 aliphatic carbocycles. The highest BCUT2D eigenvalue weighted by molar-refractivity contribution is 7.92. The third-order valence-corrected chi connectivity index (χ3v) is 10.7. The second-order valence-corrected chi connectivity index (χ2v) is 14.2. The van der Waals surface area contributed by atoms with E-state index < -0.39 is 26.0 Å². The Labute approximate surface area is 247 Å². The van der Waals surface area contributed by atoms with Crippen LogP contribution in [-0.2, 0) is 30.6 Å². The third-order valence-electron chi connectivity index (χ3n) is 6.16. The first-order chi connectivity index (χ1) is 18.3. The Kier molecular flexibility index (Phi) is 9.37. The van der Waals surface area contributed by atoms with Gasteiger partial charge in [-0.1, -0.05) is 52.5 Å². The zero-order valence-electron chi connectivity index (χ0n) is 20.2. The van der Waals surface area contributed by atoms with Crippen LogP contribution in [0.5, 0.6) is 0 Å². The fourth-order valence-corrected chi connectivity index (χ4v) is 7.53. The molecule has 0 spiro atoms. The van der Waals surface area contributed by atoms with Crippen molar-refractivity contribution >= 4 is 83.7 Å². The van der Waals surface area contributed by atoms with Crippen LogP contribution < -0.4 is 10.0 Å². The van der Waals surface area contributed by atoms with E-state index in [4.69, 9.17) is 46.4 Å². The van der Waals surface area contributed by atoms with Gasteiger partial charge in [0.2, 0.25) is 15.9 Å². The summed E-state index contributed by atoms with van der Waals surface area (Å²) < 4.78 is 54.9. The summed E-state index contributed by atoms with van der Waals surface area (Å²) in [4.78, 5) is 12.8. The number of sulfonamides is 2. The van der Waals surface area contributed by atoms with Crippen LogP contribution in [0.1, 0.15) is 18.4 Å². The van der Waals surface area contributed by atoms with E-state index in [9.17, 15) is 21.6 Å². The van der Waals surface area contributed by atoms with Crippen LogP contribution >= 0.6 is 46.4 Å². The third kappa shape index (κ3) is 7.58. The minimum absolute atomic E-state index is 0.0213. The number of anilines is 2. The Morgan fingerprint density at radius 2 is 1.49 bits per heavy atom. The molecular formula is C25H23Cl4N3O5S2. The molecule has 0 saturated carbocycles. The van der Waals surface area contributed by atoms with Crippen molar-refractivity contribution in [1.82, 2.24) is 4.31 Å². The first kappa shape index (κ1) is 29.9. The van der Waals surface area contributed by atoms with Crippen molar-refractivity contribution in [3.8, 4) is 0 Å². The summed E-state index contributed by atoms with van der Waals surface area (Å²) in [5, 5.41) is 3.94. The van der Waals surface area contributed by atoms with Gasteiger partial charge in [0.1, 0.15) is 0 Å². The summed E-state index contributed by atoms with van der Waals surface area (Å²) in [5.74, 6) is -0.869. The van der Waals surface area contributed by atoms with E-state index in [0.717, 1.165) is 0 Å². The number of carbonyl (C=O) groups is 1. The molecule has 1 heterocycles. The van der Waals surface area contributed by atoms with Gasteiger partial charge in [-0.25, -0.2) is 21.1 Å². The zero-order valence-corrected chi connectivity index (χ0v) is 24.9. The lowest BCUT2D eigenvalue weighted by Gasteiger charge is -2.30. The minimum atomic E-state index is -3.93. The number of carbonyl (C=O) groups excluding carboxylic acids is 1. The number of hydrogen-bond donors (Lipinski definition) is 2. The summed E-state index contributed by atoms with van der Waals surface area (Å²) in [7, 11) is -7.53. The average Bonchev–Trinajstić information content (AvgIpc) is 2.88. The molecular weight excluding hydrogens is 628 g/mol. The minimum Gasteiger partial charge on any atom is -0.326 e. The van der Waals surface area contributed by atoms with Crippen LogP contribution in [0.15, 0.2) is 65.6 Å². The Morgan fingerprint density at radius 1 is 0.821 bits per heavy atom. The zero-order chi connectivity index (χ0) is 28.4. The molecule has 4 rings (SSSR count). The first-order valence-electron chi connectivity index (χ1n) is 11.6. The van der Waals surface area contributed by atoms with Gasteiger partial charge in [0.05, 0.1) is 31.4 Å². The number of benzene rings is 3. The van der Waals surface area contributed by atoms with Gasteiger partial charge in [0.25, 0.3) is 10.0 Å². The van der Waals surface area contributed by atoms with Gasteiger partial charge in [0, 0.05) is 29.7 Å². The van der Waals surface area contributed by atoms with Crippen molar-refractivity contribution in [3.63, 3.8) is 0 Å². The smallest absolute Gasteiger partial charge is 0.261 e. The van der Waals surface area contributed by atoms with Crippen molar-refractivity contribution < 1.29 is 21.6 Å². The molecule has 1 saturated heterocycles. The fourth-order valence-electron chi connectivity index (χ4n) is 4.07. The van der Waals surface area contributed by atoms with Gasteiger partial charge < -0.3 is 5.32 Å². The van der Waals surface area contributed by atoms with Crippen LogP contribution in [0.3, 0.4) is 0 Å². The van der Waals surface area contributed by atoms with Gasteiger partial charge in [-0.05, 0) is 73.0 Å². The lowest BCUT2D eigenvalue weighted by atomic mass is 9.97. The van der Waals surface area contributed by atoms with E-state index in [2.05, 4.69) is 10.0 Å². The molecule has 0 atom stereocenters. The lowest BCUT2D eigenvalue weighted by molar-refractivity contribution is -0.120. The molecule has 2 N–H and O–H groups in total. The molecule has 3 aromatic carbocycles. The molecule has 1 fully saturated rings. The quantitative estimate of drug-likeness (QED) is 0.298. The van der Waals surface area contributed by atoms with Crippen LogP contribution in [0, 0.1) is 5.92 Å². The maximum atomic E-state index is 12.9. The average molecular weight is 651 g/mol. The van der Waals surface area contributed by atoms with E-state index in [1.165, 1.54) is 52.8 Å². The fraction of sp³-hybridized carbons (Fsp3) is 0.240. The van der Waals surface area contributed by atoms with E-state index in [0.29, 0.717) is 34.1 Å². The van der Waals surface area contributed by atoms with Crippen LogP contribution in [-0.4, -0.2) is 40.1 Å². The van der Waals surface area contributed by atoms with Crippen LogP contribution in [0.25, 0.3) is 0 Å². The van der Waals surface area contributed by atoms with Crippen LogP contribution in [0.4, 0.5) is 11.4 Å². The summed E-state index contributed by atoms with van der Waals surface area (Å²) in [6.07, 6.45) is 0.704. The van der Waals surface area contributed by atoms with Crippen molar-refractivity contribution in [2.75, 3.05) is 23.1 Å². The number of amides is 1. The van der Waals surface area contributed by atoms with Gasteiger partial charge >= 0.3 is 0 Å². The SMILES string of the molecule is O=C(Nc1ccc(S(=O)(=O)Nc2ccc(Cl)cc2Cl)cc1)C1CCN(S(=O)(=O)Cc2ccc(Cl)c(Cl)c2)CC1. The van der Waals surface area contributed by atoms with E-state index in [1.807, 2.05) is 0 Å². The highest BCUT2D eigenvalue weighted by atomic mass is 35.5. The Morgan fingerprint density at radius 3 is 2.10 bits per heavy atom. The Bertz CT molecular complexity index is 1590.